The number of nitrogens with one attached hydrogen (secondary N) is 6. The standard InChI is InChI=1S/C53H48N6O25S8/c1-25-7-9-31(85(63,64)58-39-11-13-45(89(73,74)75)37-17-33(87(67,68)69)21-47(49(37)39)91(79,80)81)19-41(25)54-51(60)35-23-43(29(5)15-27(35)3)56-53(62)57-44-24-36(28(4)16-30(44)6)52(61)55-42-20-32(10-8-26(42)2)86(65,66)59-40-12-14-46(90(76,77)78)38-18-34(88(70,71)72)22-48(50(38)40)92(82,83)84/h7-24,58-59H,1-6H3,(H,54,60)(H,55,61)(H2,56,57,62)(H,67,68,69)(H,70,71,72)(H,73,74,75)(H,76,77,78)(H,79,80,81)(H,82,83,84). The average Bonchev–Trinajstić information content (AvgIpc) is 0.746. The van der Waals surface area contributed by atoms with E-state index in [9.17, 15) is 109 Å². The Hall–Kier alpha value is -8.55. The number of hydrogen-bond acceptors (Lipinski definition) is 19. The molecule has 12 N–H and O–H groups in total. The maximum absolute atomic E-state index is 14.0. The lowest BCUT2D eigenvalue weighted by molar-refractivity contribution is 0.101. The van der Waals surface area contributed by atoms with Crippen molar-refractivity contribution >= 4 is 154 Å². The Bertz CT molecular complexity index is 5230. The van der Waals surface area contributed by atoms with Crippen LogP contribution in [-0.2, 0) is 80.8 Å². The van der Waals surface area contributed by atoms with Crippen LogP contribution in [0.2, 0.25) is 0 Å². The number of anilines is 6. The fraction of sp³-hybridized carbons (Fsp3) is 0.113. The number of rotatable bonds is 18. The van der Waals surface area contributed by atoms with Crippen molar-refractivity contribution in [3.63, 3.8) is 0 Å². The third-order valence-electron chi connectivity index (χ3n) is 13.9. The monoisotopic (exact) mass is 1420 g/mol. The van der Waals surface area contributed by atoms with Gasteiger partial charge in [0.1, 0.15) is 19.6 Å². The van der Waals surface area contributed by atoms with E-state index in [1.165, 1.54) is 50.2 Å². The van der Waals surface area contributed by atoms with Crippen LogP contribution in [0.1, 0.15) is 54.1 Å². The molecule has 39 heteroatoms. The van der Waals surface area contributed by atoms with Gasteiger partial charge in [0.05, 0.1) is 31.0 Å². The largest absolute Gasteiger partial charge is 0.323 e. The van der Waals surface area contributed by atoms with E-state index in [-0.39, 0.29) is 57.1 Å². The second-order valence-corrected chi connectivity index (χ2v) is 32.1. The highest BCUT2D eigenvalue weighted by atomic mass is 32.2. The smallest absolute Gasteiger partial charge is 0.322 e. The normalized spacial score (nSPS) is 12.7. The van der Waals surface area contributed by atoms with Crippen LogP contribution in [0.3, 0.4) is 0 Å². The van der Waals surface area contributed by atoms with Gasteiger partial charge in [-0.15, -0.1) is 0 Å². The molecule has 8 rings (SSSR count). The van der Waals surface area contributed by atoms with Gasteiger partial charge in [-0.1, -0.05) is 24.3 Å². The summed E-state index contributed by atoms with van der Waals surface area (Å²) in [5.74, 6) is -1.68. The predicted octanol–water partition coefficient (Wildman–Crippen LogP) is 7.07. The molecule has 0 radical (unpaired) electrons. The summed E-state index contributed by atoms with van der Waals surface area (Å²) in [6.45, 7) is 9.25. The molecule has 0 unspecified atom stereocenters. The minimum Gasteiger partial charge on any atom is -0.322 e. The van der Waals surface area contributed by atoms with E-state index in [2.05, 4.69) is 21.3 Å². The van der Waals surface area contributed by atoms with Crippen LogP contribution < -0.4 is 30.7 Å². The highest BCUT2D eigenvalue weighted by molar-refractivity contribution is 7.93. The van der Waals surface area contributed by atoms with Crippen LogP contribution in [0.15, 0.2) is 148 Å². The Labute approximate surface area is 524 Å². The first kappa shape index (κ1) is 69.3. The molecule has 0 spiro atoms. The summed E-state index contributed by atoms with van der Waals surface area (Å²) in [7, 11) is -42.3. The van der Waals surface area contributed by atoms with E-state index in [1.807, 2.05) is 9.44 Å². The summed E-state index contributed by atoms with van der Waals surface area (Å²) in [5, 5.41) is 6.61. The van der Waals surface area contributed by atoms with E-state index in [4.69, 9.17) is 0 Å². The first-order chi connectivity index (χ1) is 42.1. The molecular weight excluding hydrogens is 1380 g/mol. The number of benzene rings is 8. The maximum Gasteiger partial charge on any atom is 0.323 e. The first-order valence-corrected chi connectivity index (χ1v) is 36.9. The van der Waals surface area contributed by atoms with Gasteiger partial charge in [0, 0.05) is 55.4 Å². The van der Waals surface area contributed by atoms with Gasteiger partial charge in [0.25, 0.3) is 92.6 Å². The predicted molar refractivity (Wildman–Crippen MR) is 331 cm³/mol. The van der Waals surface area contributed by atoms with Gasteiger partial charge in [-0.2, -0.15) is 50.5 Å². The number of carbonyl (C=O) groups is 3. The summed E-state index contributed by atoms with van der Waals surface area (Å²) in [6, 6.07) is 15.1. The minimum absolute atomic E-state index is 0.0523. The molecule has 0 atom stereocenters. The van der Waals surface area contributed by atoms with E-state index in [0.717, 1.165) is 24.3 Å². The first-order valence-electron chi connectivity index (χ1n) is 25.3. The zero-order valence-corrected chi connectivity index (χ0v) is 54.1. The third-order valence-corrected chi connectivity index (χ3v) is 21.9. The molecule has 31 nitrogen and oxygen atoms in total. The zero-order valence-electron chi connectivity index (χ0n) is 47.6. The molecule has 0 aromatic heterocycles. The molecule has 0 bridgehead atoms. The average molecular weight is 1430 g/mol. The van der Waals surface area contributed by atoms with Gasteiger partial charge in [-0.3, -0.25) is 46.3 Å². The van der Waals surface area contributed by atoms with Gasteiger partial charge < -0.3 is 21.3 Å². The van der Waals surface area contributed by atoms with Crippen LogP contribution >= 0.6 is 0 Å². The van der Waals surface area contributed by atoms with Crippen molar-refractivity contribution in [2.24, 2.45) is 0 Å². The number of aryl methyl sites for hydroxylation is 6. The van der Waals surface area contributed by atoms with E-state index < -0.39 is 171 Å². The molecule has 488 valence electrons. The zero-order chi connectivity index (χ0) is 68.7. The number of hydrogen-bond donors (Lipinski definition) is 12. The lowest BCUT2D eigenvalue weighted by Gasteiger charge is -2.18. The summed E-state index contributed by atoms with van der Waals surface area (Å²) in [4.78, 5) is 33.0. The van der Waals surface area contributed by atoms with E-state index in [0.29, 0.717) is 58.7 Å². The minimum atomic E-state index is -5.57. The molecule has 0 saturated heterocycles. The highest BCUT2D eigenvalue weighted by Crippen LogP contribution is 2.41. The van der Waals surface area contributed by atoms with Crippen LogP contribution in [0.5, 0.6) is 0 Å². The van der Waals surface area contributed by atoms with Crippen molar-refractivity contribution in [1.29, 1.82) is 0 Å². The van der Waals surface area contributed by atoms with Crippen molar-refractivity contribution in [1.82, 2.24) is 0 Å². The van der Waals surface area contributed by atoms with Crippen LogP contribution in [-0.4, -0.2) is 113 Å². The molecule has 0 heterocycles. The number of fused-ring (bicyclic) bond motifs is 2. The van der Waals surface area contributed by atoms with Crippen molar-refractivity contribution in [2.45, 2.75) is 80.7 Å². The second-order valence-electron chi connectivity index (χ2n) is 20.4. The Balaban J connectivity index is 1.02. The Morgan fingerprint density at radius 1 is 0.293 bits per heavy atom. The van der Waals surface area contributed by atoms with Crippen molar-refractivity contribution in [3.8, 4) is 0 Å². The summed E-state index contributed by atoms with van der Waals surface area (Å²) < 4.78 is 267. The molecule has 0 aliphatic carbocycles. The van der Waals surface area contributed by atoms with Gasteiger partial charge in [0.15, 0.2) is 0 Å². The molecule has 8 aromatic carbocycles. The fourth-order valence-electron chi connectivity index (χ4n) is 9.45. The summed E-state index contributed by atoms with van der Waals surface area (Å²) in [6.07, 6.45) is 0. The summed E-state index contributed by atoms with van der Waals surface area (Å²) >= 11 is 0. The Morgan fingerprint density at radius 2 is 0.609 bits per heavy atom. The van der Waals surface area contributed by atoms with Gasteiger partial charge in [0.2, 0.25) is 0 Å². The van der Waals surface area contributed by atoms with Crippen molar-refractivity contribution in [2.75, 3.05) is 30.7 Å². The van der Waals surface area contributed by atoms with Gasteiger partial charge in [-0.25, -0.2) is 21.6 Å². The lowest BCUT2D eigenvalue weighted by atomic mass is 10.0. The van der Waals surface area contributed by atoms with E-state index in [1.54, 1.807) is 27.7 Å². The Morgan fingerprint density at radius 3 is 0.913 bits per heavy atom. The van der Waals surface area contributed by atoms with Crippen LogP contribution in [0, 0.1) is 41.5 Å². The molecule has 8 aromatic rings. The molecule has 92 heavy (non-hydrogen) atoms. The summed E-state index contributed by atoms with van der Waals surface area (Å²) in [5.41, 5.74) is 0.408. The second kappa shape index (κ2) is 24.2. The van der Waals surface area contributed by atoms with Crippen LogP contribution in [0.4, 0.5) is 38.9 Å². The van der Waals surface area contributed by atoms with Crippen LogP contribution in [0.25, 0.3) is 21.5 Å². The fourth-order valence-corrected chi connectivity index (χ4v) is 15.7. The topological polar surface area (TPSA) is 518 Å². The lowest BCUT2D eigenvalue weighted by Crippen LogP contribution is -2.22. The molecular formula is C53H48N6O25S8. The van der Waals surface area contributed by atoms with Crippen molar-refractivity contribution < 1.29 is 109 Å². The number of carbonyl (C=O) groups excluding carboxylic acids is 3. The number of urea groups is 1. The maximum atomic E-state index is 14.0. The van der Waals surface area contributed by atoms with Crippen molar-refractivity contribution in [3.05, 3.63) is 154 Å². The highest BCUT2D eigenvalue weighted by Gasteiger charge is 2.32. The molecule has 0 aliphatic heterocycles. The SMILES string of the molecule is Cc1cc(C)c(C(=O)Nc2cc(S(=O)(=O)Nc3ccc(S(=O)(=O)O)c4cc(S(=O)(=O)O)cc(S(=O)(=O)O)c34)ccc2C)cc1NC(=O)Nc1cc(C(=O)Nc2cc(S(=O)(=O)Nc3ccc(S(=O)(=O)O)c4cc(S(=O)(=O)O)cc(S(=O)(=O)O)c34)ccc2C)c(C)cc1C. The molecule has 0 fully saturated rings. The molecule has 0 saturated carbocycles. The number of amides is 4. The third kappa shape index (κ3) is 14.7. The van der Waals surface area contributed by atoms with Gasteiger partial charge >= 0.3 is 6.03 Å². The quantitative estimate of drug-likeness (QED) is 0.0382. The number of sulfonamides is 2. The van der Waals surface area contributed by atoms with Gasteiger partial charge in [-0.05, 0) is 160 Å². The Kier molecular flexibility index (Phi) is 18.2. The molecule has 4 amide bonds. The molecule has 0 aliphatic rings. The van der Waals surface area contributed by atoms with E-state index >= 15 is 0 Å².